The molecular weight excluding hydrogens is 371 g/mol. The van der Waals surface area contributed by atoms with Crippen molar-refractivity contribution in [1.82, 2.24) is 0 Å². The van der Waals surface area contributed by atoms with E-state index in [0.717, 1.165) is 36.4 Å². The van der Waals surface area contributed by atoms with Gasteiger partial charge in [0.2, 0.25) is 0 Å². The van der Waals surface area contributed by atoms with Gasteiger partial charge in [0, 0.05) is 23.5 Å². The third kappa shape index (κ3) is 5.17. The van der Waals surface area contributed by atoms with Crippen LogP contribution in [0.4, 0.5) is 30.2 Å². The minimum atomic E-state index is -4.58. The molecular formula is C16H12F3N3O5. The van der Waals surface area contributed by atoms with Gasteiger partial charge in [-0.1, -0.05) is 6.07 Å². The van der Waals surface area contributed by atoms with Gasteiger partial charge in [-0.05, 0) is 24.3 Å². The molecule has 0 aliphatic rings. The van der Waals surface area contributed by atoms with Crippen molar-refractivity contribution in [3.63, 3.8) is 0 Å². The van der Waals surface area contributed by atoms with Gasteiger partial charge in [-0.2, -0.15) is 13.2 Å². The Kier molecular flexibility index (Phi) is 5.63. The van der Waals surface area contributed by atoms with Gasteiger partial charge in [0.15, 0.2) is 6.61 Å². The number of carbonyl (C=O) groups is 2. The number of rotatable bonds is 5. The van der Waals surface area contributed by atoms with Crippen LogP contribution in [-0.2, 0) is 15.7 Å². The largest absolute Gasteiger partial charge is 0.452 e. The van der Waals surface area contributed by atoms with Crippen LogP contribution in [0.25, 0.3) is 0 Å². The Balaban J connectivity index is 2.01. The first kappa shape index (κ1) is 19.7. The highest BCUT2D eigenvalue weighted by Crippen LogP contribution is 2.30. The van der Waals surface area contributed by atoms with Gasteiger partial charge < -0.3 is 15.8 Å². The van der Waals surface area contributed by atoms with E-state index in [9.17, 15) is 32.9 Å². The number of alkyl halides is 3. The Morgan fingerprint density at radius 2 is 1.89 bits per heavy atom. The van der Waals surface area contributed by atoms with Gasteiger partial charge in [-0.15, -0.1) is 0 Å². The number of amides is 1. The molecule has 1 amide bonds. The van der Waals surface area contributed by atoms with Crippen LogP contribution in [0.15, 0.2) is 42.5 Å². The fraction of sp³-hybridized carbons (Fsp3) is 0.125. The highest BCUT2D eigenvalue weighted by Gasteiger charge is 2.30. The van der Waals surface area contributed by atoms with E-state index < -0.39 is 40.8 Å². The molecule has 0 spiro atoms. The molecule has 27 heavy (non-hydrogen) atoms. The number of nitrogens with zero attached hydrogens (tertiary/aromatic N) is 1. The number of anilines is 2. The number of nitrogens with two attached hydrogens (primary N) is 1. The van der Waals surface area contributed by atoms with Crippen molar-refractivity contribution in [3.8, 4) is 0 Å². The maximum atomic E-state index is 12.6. The molecule has 0 fully saturated rings. The molecule has 0 saturated carbocycles. The van der Waals surface area contributed by atoms with Crippen molar-refractivity contribution < 1.29 is 32.4 Å². The van der Waals surface area contributed by atoms with E-state index in [0.29, 0.717) is 0 Å². The normalized spacial score (nSPS) is 10.9. The number of ether oxygens (including phenoxy) is 1. The molecule has 0 bridgehead atoms. The lowest BCUT2D eigenvalue weighted by atomic mass is 10.1. The predicted molar refractivity (Wildman–Crippen MR) is 87.9 cm³/mol. The zero-order chi connectivity index (χ0) is 20.2. The summed E-state index contributed by atoms with van der Waals surface area (Å²) < 4.78 is 42.6. The van der Waals surface area contributed by atoms with Crippen LogP contribution in [0.2, 0.25) is 0 Å². The molecule has 2 rings (SSSR count). The first-order valence-electron chi connectivity index (χ1n) is 7.26. The topological polar surface area (TPSA) is 125 Å². The van der Waals surface area contributed by atoms with Crippen molar-refractivity contribution in [2.45, 2.75) is 6.18 Å². The average Bonchev–Trinajstić information content (AvgIpc) is 2.59. The summed E-state index contributed by atoms with van der Waals surface area (Å²) in [4.78, 5) is 33.7. The number of nitrogen functional groups attached to an aromatic ring is 1. The van der Waals surface area contributed by atoms with Crippen molar-refractivity contribution in [2.75, 3.05) is 17.7 Å². The number of nitro benzene ring substituents is 1. The number of halogens is 3. The Morgan fingerprint density at radius 1 is 1.19 bits per heavy atom. The second-order valence-corrected chi connectivity index (χ2v) is 5.23. The molecule has 3 N–H and O–H groups in total. The average molecular weight is 383 g/mol. The van der Waals surface area contributed by atoms with Crippen LogP contribution in [-0.4, -0.2) is 23.4 Å². The van der Waals surface area contributed by atoms with Gasteiger partial charge in [0.05, 0.1) is 16.1 Å². The second-order valence-electron chi connectivity index (χ2n) is 5.23. The lowest BCUT2D eigenvalue weighted by molar-refractivity contribution is -0.384. The van der Waals surface area contributed by atoms with Crippen molar-refractivity contribution >= 4 is 28.9 Å². The number of benzene rings is 2. The second kappa shape index (κ2) is 7.72. The van der Waals surface area contributed by atoms with Gasteiger partial charge in [0.1, 0.15) is 0 Å². The molecule has 0 unspecified atom stereocenters. The summed E-state index contributed by atoms with van der Waals surface area (Å²) in [7, 11) is 0. The zero-order valence-corrected chi connectivity index (χ0v) is 13.4. The van der Waals surface area contributed by atoms with Crippen LogP contribution in [0.3, 0.4) is 0 Å². The lowest BCUT2D eigenvalue weighted by Gasteiger charge is -2.10. The van der Waals surface area contributed by atoms with Crippen molar-refractivity contribution in [2.24, 2.45) is 0 Å². The Morgan fingerprint density at radius 3 is 2.52 bits per heavy atom. The molecule has 0 aliphatic heterocycles. The Hall–Kier alpha value is -3.63. The van der Waals surface area contributed by atoms with Gasteiger partial charge in [-0.3, -0.25) is 14.9 Å². The minimum Gasteiger partial charge on any atom is -0.452 e. The molecule has 0 saturated heterocycles. The number of esters is 1. The van der Waals surface area contributed by atoms with Crippen LogP contribution in [0.1, 0.15) is 15.9 Å². The Labute approximate surface area is 149 Å². The molecule has 0 aromatic heterocycles. The van der Waals surface area contributed by atoms with E-state index in [1.54, 1.807) is 0 Å². The molecule has 142 valence electrons. The molecule has 8 nitrogen and oxygen atoms in total. The summed E-state index contributed by atoms with van der Waals surface area (Å²) in [5.41, 5.74) is 3.65. The predicted octanol–water partition coefficient (Wildman–Crippen LogP) is 2.99. The van der Waals surface area contributed by atoms with E-state index in [-0.39, 0.29) is 16.9 Å². The fourth-order valence-electron chi connectivity index (χ4n) is 2.01. The lowest BCUT2D eigenvalue weighted by Crippen LogP contribution is -2.21. The third-order valence-electron chi connectivity index (χ3n) is 3.28. The van der Waals surface area contributed by atoms with Crippen molar-refractivity contribution in [1.29, 1.82) is 0 Å². The quantitative estimate of drug-likeness (QED) is 0.354. The number of hydrogen-bond donors (Lipinski definition) is 2. The number of non-ortho nitro benzene ring substituents is 1. The summed E-state index contributed by atoms with van der Waals surface area (Å²) in [6.07, 6.45) is -4.58. The summed E-state index contributed by atoms with van der Waals surface area (Å²) in [6.45, 7) is -0.822. The molecule has 2 aromatic rings. The molecule has 0 atom stereocenters. The standard InChI is InChI=1S/C16H12F3N3O5/c17-16(18,19)9-2-1-3-10(6-9)21-14(23)8-27-15(24)12-7-11(22(25)26)4-5-13(12)20/h1-7H,8,20H2,(H,21,23). The van der Waals surface area contributed by atoms with E-state index in [4.69, 9.17) is 10.5 Å². The van der Waals surface area contributed by atoms with Gasteiger partial charge >= 0.3 is 12.1 Å². The van der Waals surface area contributed by atoms with Gasteiger partial charge in [-0.25, -0.2) is 4.79 Å². The van der Waals surface area contributed by atoms with E-state index >= 15 is 0 Å². The number of carbonyl (C=O) groups excluding carboxylic acids is 2. The van der Waals surface area contributed by atoms with Crippen LogP contribution >= 0.6 is 0 Å². The van der Waals surface area contributed by atoms with E-state index in [1.807, 2.05) is 0 Å². The number of nitrogens with one attached hydrogen (secondary N) is 1. The van der Waals surface area contributed by atoms with Crippen LogP contribution in [0, 0.1) is 10.1 Å². The van der Waals surface area contributed by atoms with Crippen LogP contribution in [0.5, 0.6) is 0 Å². The van der Waals surface area contributed by atoms with E-state index in [2.05, 4.69) is 5.32 Å². The fourth-order valence-corrected chi connectivity index (χ4v) is 2.01. The number of nitro groups is 1. The highest BCUT2D eigenvalue weighted by molar-refractivity contribution is 5.98. The number of hydrogen-bond acceptors (Lipinski definition) is 6. The summed E-state index contributed by atoms with van der Waals surface area (Å²) >= 11 is 0. The van der Waals surface area contributed by atoms with E-state index in [1.165, 1.54) is 6.07 Å². The summed E-state index contributed by atoms with van der Waals surface area (Å²) in [5.74, 6) is -1.98. The minimum absolute atomic E-state index is 0.0936. The zero-order valence-electron chi connectivity index (χ0n) is 13.4. The van der Waals surface area contributed by atoms with Crippen molar-refractivity contribution in [3.05, 3.63) is 63.7 Å². The SMILES string of the molecule is Nc1ccc([N+](=O)[O-])cc1C(=O)OCC(=O)Nc1cccc(C(F)(F)F)c1. The third-order valence-corrected chi connectivity index (χ3v) is 3.28. The van der Waals surface area contributed by atoms with Crippen LogP contribution < -0.4 is 11.1 Å². The molecule has 0 radical (unpaired) electrons. The van der Waals surface area contributed by atoms with Gasteiger partial charge in [0.25, 0.3) is 11.6 Å². The maximum absolute atomic E-state index is 12.6. The smallest absolute Gasteiger partial charge is 0.416 e. The first-order valence-corrected chi connectivity index (χ1v) is 7.26. The molecule has 0 aliphatic carbocycles. The summed E-state index contributed by atoms with van der Waals surface area (Å²) in [5, 5.41) is 12.9. The molecule has 11 heteroatoms. The highest BCUT2D eigenvalue weighted by atomic mass is 19.4. The Bertz CT molecular complexity index is 899. The molecule has 0 heterocycles. The monoisotopic (exact) mass is 383 g/mol. The summed E-state index contributed by atoms with van der Waals surface area (Å²) in [6, 6.07) is 7.01. The molecule has 2 aromatic carbocycles. The first-order chi connectivity index (χ1) is 12.6. The maximum Gasteiger partial charge on any atom is 0.416 e.